The zero-order valence-electron chi connectivity index (χ0n) is 12.0. The third kappa shape index (κ3) is 3.48. The molecular formula is C17H17NO3. The molecule has 2 aromatic rings. The Bertz CT molecular complexity index is 675. The molecule has 2 N–H and O–H groups in total. The number of carboxylic acid groups (broad SMARTS) is 1. The molecule has 21 heavy (non-hydrogen) atoms. The Kier molecular flexibility index (Phi) is 4.38. The second-order valence-corrected chi connectivity index (χ2v) is 4.83. The summed E-state index contributed by atoms with van der Waals surface area (Å²) < 4.78 is 0. The fraction of sp³-hybridized carbons (Fsp3) is 0.176. The van der Waals surface area contributed by atoms with Gasteiger partial charge in [0, 0.05) is 12.1 Å². The molecular weight excluding hydrogens is 266 g/mol. The van der Waals surface area contributed by atoms with Crippen molar-refractivity contribution in [3.8, 4) is 11.1 Å². The second-order valence-electron chi connectivity index (χ2n) is 4.83. The van der Waals surface area contributed by atoms with E-state index < -0.39 is 5.97 Å². The van der Waals surface area contributed by atoms with Crippen molar-refractivity contribution in [2.75, 3.05) is 6.54 Å². The van der Waals surface area contributed by atoms with Gasteiger partial charge in [-0.1, -0.05) is 29.8 Å². The summed E-state index contributed by atoms with van der Waals surface area (Å²) in [6.45, 7) is 4.30. The van der Waals surface area contributed by atoms with Gasteiger partial charge in [-0.05, 0) is 43.2 Å². The molecule has 0 aliphatic heterocycles. The fourth-order valence-electron chi connectivity index (χ4n) is 2.06. The Morgan fingerprint density at radius 1 is 1.00 bits per heavy atom. The predicted octanol–water partition coefficient (Wildman–Crippen LogP) is 3.11. The first-order valence-electron chi connectivity index (χ1n) is 6.75. The molecule has 0 fully saturated rings. The number of rotatable bonds is 4. The van der Waals surface area contributed by atoms with Crippen LogP contribution in [-0.2, 0) is 0 Å². The van der Waals surface area contributed by atoms with Crippen molar-refractivity contribution in [2.45, 2.75) is 13.8 Å². The zero-order valence-corrected chi connectivity index (χ0v) is 12.0. The topological polar surface area (TPSA) is 66.4 Å². The Hall–Kier alpha value is -2.62. The van der Waals surface area contributed by atoms with Crippen LogP contribution in [0.5, 0.6) is 0 Å². The van der Waals surface area contributed by atoms with Crippen LogP contribution in [0.3, 0.4) is 0 Å². The summed E-state index contributed by atoms with van der Waals surface area (Å²) in [7, 11) is 0. The van der Waals surface area contributed by atoms with E-state index in [0.717, 1.165) is 16.7 Å². The summed E-state index contributed by atoms with van der Waals surface area (Å²) in [5, 5.41) is 11.9. The first-order valence-corrected chi connectivity index (χ1v) is 6.75. The van der Waals surface area contributed by atoms with Crippen LogP contribution in [0.2, 0.25) is 0 Å². The van der Waals surface area contributed by atoms with Crippen molar-refractivity contribution in [1.82, 2.24) is 5.32 Å². The van der Waals surface area contributed by atoms with Crippen LogP contribution in [-0.4, -0.2) is 23.5 Å². The number of aryl methyl sites for hydroxylation is 1. The Balaban J connectivity index is 2.52. The molecule has 0 saturated heterocycles. The van der Waals surface area contributed by atoms with Gasteiger partial charge < -0.3 is 10.4 Å². The number of aromatic carboxylic acids is 1. The molecule has 0 aliphatic rings. The summed E-state index contributed by atoms with van der Waals surface area (Å²) in [5.74, 6) is -1.32. The van der Waals surface area contributed by atoms with Crippen LogP contribution in [0.1, 0.15) is 33.2 Å². The summed E-state index contributed by atoms with van der Waals surface area (Å²) in [5.41, 5.74) is 3.18. The third-order valence-electron chi connectivity index (χ3n) is 3.16. The van der Waals surface area contributed by atoms with E-state index in [-0.39, 0.29) is 11.5 Å². The maximum absolute atomic E-state index is 12.0. The van der Waals surface area contributed by atoms with Gasteiger partial charge in [0.1, 0.15) is 0 Å². The summed E-state index contributed by atoms with van der Waals surface area (Å²) in [6, 6.07) is 12.4. The van der Waals surface area contributed by atoms with Crippen molar-refractivity contribution >= 4 is 11.9 Å². The highest BCUT2D eigenvalue weighted by atomic mass is 16.4. The van der Waals surface area contributed by atoms with Crippen molar-refractivity contribution in [3.05, 3.63) is 59.2 Å². The van der Waals surface area contributed by atoms with E-state index in [1.807, 2.05) is 38.1 Å². The van der Waals surface area contributed by atoms with E-state index >= 15 is 0 Å². The number of nitrogens with one attached hydrogen (secondary N) is 1. The molecule has 0 radical (unpaired) electrons. The fourth-order valence-corrected chi connectivity index (χ4v) is 2.06. The molecule has 0 spiro atoms. The molecule has 0 saturated carbocycles. The maximum Gasteiger partial charge on any atom is 0.335 e. The van der Waals surface area contributed by atoms with Gasteiger partial charge in [-0.15, -0.1) is 0 Å². The minimum absolute atomic E-state index is 0.106. The molecule has 1 amide bonds. The molecule has 0 atom stereocenters. The average Bonchev–Trinajstić information content (AvgIpc) is 2.47. The van der Waals surface area contributed by atoms with E-state index in [9.17, 15) is 14.7 Å². The van der Waals surface area contributed by atoms with Crippen LogP contribution < -0.4 is 5.32 Å². The van der Waals surface area contributed by atoms with Gasteiger partial charge >= 0.3 is 5.97 Å². The third-order valence-corrected chi connectivity index (χ3v) is 3.16. The van der Waals surface area contributed by atoms with Gasteiger partial charge in [-0.3, -0.25) is 4.79 Å². The lowest BCUT2D eigenvalue weighted by molar-refractivity contribution is 0.0697. The van der Waals surface area contributed by atoms with Gasteiger partial charge in [0.25, 0.3) is 5.91 Å². The Labute approximate surface area is 123 Å². The summed E-state index contributed by atoms with van der Waals surface area (Å²) >= 11 is 0. The molecule has 0 unspecified atom stereocenters. The summed E-state index contributed by atoms with van der Waals surface area (Å²) in [4.78, 5) is 23.2. The van der Waals surface area contributed by atoms with E-state index in [4.69, 9.17) is 0 Å². The number of carboxylic acids is 1. The lowest BCUT2D eigenvalue weighted by Gasteiger charge is -2.08. The second kappa shape index (κ2) is 6.22. The molecule has 2 rings (SSSR count). The lowest BCUT2D eigenvalue weighted by atomic mass is 9.98. The Morgan fingerprint density at radius 3 is 2.19 bits per heavy atom. The van der Waals surface area contributed by atoms with Gasteiger partial charge in [0.2, 0.25) is 0 Å². The van der Waals surface area contributed by atoms with E-state index in [1.54, 1.807) is 12.1 Å². The van der Waals surface area contributed by atoms with Crippen molar-refractivity contribution in [3.63, 3.8) is 0 Å². The summed E-state index contributed by atoms with van der Waals surface area (Å²) in [6.07, 6.45) is 0. The van der Waals surface area contributed by atoms with Crippen LogP contribution in [0.25, 0.3) is 11.1 Å². The lowest BCUT2D eigenvalue weighted by Crippen LogP contribution is -2.23. The van der Waals surface area contributed by atoms with Crippen molar-refractivity contribution in [2.24, 2.45) is 0 Å². The van der Waals surface area contributed by atoms with Crippen molar-refractivity contribution in [1.29, 1.82) is 0 Å². The average molecular weight is 283 g/mol. The molecule has 4 heteroatoms. The molecule has 0 heterocycles. The molecule has 0 aliphatic carbocycles. The maximum atomic E-state index is 12.0. The standard InChI is InChI=1S/C17H17NO3/c1-3-18-16(19)14-8-13(9-15(10-14)17(20)21)12-6-4-11(2)5-7-12/h4-10H,3H2,1-2H3,(H,18,19)(H,20,21). The molecule has 0 bridgehead atoms. The van der Waals surface area contributed by atoms with Crippen LogP contribution >= 0.6 is 0 Å². The van der Waals surface area contributed by atoms with E-state index in [0.29, 0.717) is 12.1 Å². The number of hydrogen-bond donors (Lipinski definition) is 2. The predicted molar refractivity (Wildman–Crippen MR) is 81.6 cm³/mol. The smallest absolute Gasteiger partial charge is 0.335 e. The largest absolute Gasteiger partial charge is 0.478 e. The highest BCUT2D eigenvalue weighted by Crippen LogP contribution is 2.23. The highest BCUT2D eigenvalue weighted by Gasteiger charge is 2.12. The monoisotopic (exact) mass is 283 g/mol. The molecule has 0 aromatic heterocycles. The van der Waals surface area contributed by atoms with Gasteiger partial charge in [-0.25, -0.2) is 4.79 Å². The number of carbonyl (C=O) groups excluding carboxylic acids is 1. The SMILES string of the molecule is CCNC(=O)c1cc(C(=O)O)cc(-c2ccc(C)cc2)c1. The minimum Gasteiger partial charge on any atom is -0.478 e. The number of benzene rings is 2. The first kappa shape index (κ1) is 14.8. The zero-order chi connectivity index (χ0) is 15.4. The van der Waals surface area contributed by atoms with Gasteiger partial charge in [0.15, 0.2) is 0 Å². The van der Waals surface area contributed by atoms with Gasteiger partial charge in [-0.2, -0.15) is 0 Å². The van der Waals surface area contributed by atoms with Crippen LogP contribution in [0, 0.1) is 6.92 Å². The number of hydrogen-bond acceptors (Lipinski definition) is 2. The van der Waals surface area contributed by atoms with Crippen LogP contribution in [0.15, 0.2) is 42.5 Å². The Morgan fingerprint density at radius 2 is 1.62 bits per heavy atom. The normalized spacial score (nSPS) is 10.2. The minimum atomic E-state index is -1.05. The molecule has 2 aromatic carbocycles. The number of carbonyl (C=O) groups is 2. The first-order chi connectivity index (χ1) is 10.0. The van der Waals surface area contributed by atoms with E-state index in [1.165, 1.54) is 6.07 Å². The number of amides is 1. The molecule has 108 valence electrons. The van der Waals surface area contributed by atoms with E-state index in [2.05, 4.69) is 5.32 Å². The van der Waals surface area contributed by atoms with Crippen LogP contribution in [0.4, 0.5) is 0 Å². The highest BCUT2D eigenvalue weighted by molar-refractivity contribution is 5.99. The molecule has 4 nitrogen and oxygen atoms in total. The quantitative estimate of drug-likeness (QED) is 0.906. The van der Waals surface area contributed by atoms with Crippen molar-refractivity contribution < 1.29 is 14.7 Å². The van der Waals surface area contributed by atoms with Gasteiger partial charge in [0.05, 0.1) is 5.56 Å².